The van der Waals surface area contributed by atoms with Gasteiger partial charge < -0.3 is 0 Å². The fourth-order valence-electron chi connectivity index (χ4n) is 3.20. The van der Waals surface area contributed by atoms with Crippen LogP contribution in [0.3, 0.4) is 0 Å². The first kappa shape index (κ1) is 22.6. The minimum atomic E-state index is -4.92. The summed E-state index contributed by atoms with van der Waals surface area (Å²) in [6, 6.07) is 16.9. The van der Waals surface area contributed by atoms with Crippen LogP contribution >= 0.6 is 22.9 Å². The van der Waals surface area contributed by atoms with Gasteiger partial charge in [0.05, 0.1) is 22.0 Å². The number of halogens is 5. The summed E-state index contributed by atoms with van der Waals surface area (Å²) in [5.74, 6) is -1.43. The van der Waals surface area contributed by atoms with E-state index >= 15 is 0 Å². The maximum absolute atomic E-state index is 13.8. The quantitative estimate of drug-likeness (QED) is 0.274. The second-order valence-corrected chi connectivity index (χ2v) is 10.1. The first-order valence-corrected chi connectivity index (χ1v) is 11.8. The third-order valence-electron chi connectivity index (χ3n) is 4.74. The van der Waals surface area contributed by atoms with E-state index in [0.717, 1.165) is 26.4 Å². The number of nitrogens with zero attached hydrogens (tertiary/aromatic N) is 1. The molecule has 0 saturated heterocycles. The molecule has 0 atom stereocenters. The van der Waals surface area contributed by atoms with Crippen LogP contribution in [0.2, 0.25) is 5.02 Å². The molecule has 0 saturated carbocycles. The maximum Gasteiger partial charge on any atom is 0.419 e. The number of rotatable bonds is 5. The van der Waals surface area contributed by atoms with Crippen molar-refractivity contribution in [2.45, 2.75) is 17.6 Å². The number of hydrogen-bond donors (Lipinski definition) is 0. The summed E-state index contributed by atoms with van der Waals surface area (Å²) in [7, 11) is -4.20. The molecule has 32 heavy (non-hydrogen) atoms. The van der Waals surface area contributed by atoms with Crippen molar-refractivity contribution in [3.8, 4) is 0 Å². The lowest BCUT2D eigenvalue weighted by Crippen LogP contribution is -2.30. The Morgan fingerprint density at radius 2 is 1.59 bits per heavy atom. The van der Waals surface area contributed by atoms with E-state index in [1.54, 1.807) is 30.3 Å². The van der Waals surface area contributed by atoms with Gasteiger partial charge in [0.15, 0.2) is 0 Å². The average molecular weight is 500 g/mol. The zero-order valence-electron chi connectivity index (χ0n) is 16.1. The molecule has 0 N–H and O–H groups in total. The number of thiophene rings is 1. The number of fused-ring (bicyclic) bond motifs is 1. The molecular weight excluding hydrogens is 486 g/mol. The fraction of sp³-hybridized carbons (Fsp3) is 0.0909. The van der Waals surface area contributed by atoms with E-state index in [4.69, 9.17) is 11.6 Å². The van der Waals surface area contributed by atoms with Crippen LogP contribution in [0, 0.1) is 5.82 Å². The third-order valence-corrected chi connectivity index (χ3v) is 8.30. The Labute approximate surface area is 190 Å². The first-order chi connectivity index (χ1) is 15.1. The molecule has 0 fully saturated rings. The van der Waals surface area contributed by atoms with Crippen LogP contribution in [0.25, 0.3) is 10.1 Å². The van der Waals surface area contributed by atoms with Gasteiger partial charge in [-0.1, -0.05) is 54.1 Å². The van der Waals surface area contributed by atoms with Crippen LogP contribution in [0.15, 0.2) is 77.7 Å². The molecule has 166 valence electrons. The predicted octanol–water partition coefficient (Wildman–Crippen LogP) is 7.11. The van der Waals surface area contributed by atoms with E-state index in [0.29, 0.717) is 17.5 Å². The van der Waals surface area contributed by atoms with Gasteiger partial charge in [0.2, 0.25) is 0 Å². The highest BCUT2D eigenvalue weighted by molar-refractivity contribution is 7.93. The molecule has 4 aromatic rings. The lowest BCUT2D eigenvalue weighted by atomic mass is 10.1. The van der Waals surface area contributed by atoms with Crippen LogP contribution in [0.5, 0.6) is 0 Å². The Balaban J connectivity index is 1.88. The molecule has 1 aromatic heterocycles. The van der Waals surface area contributed by atoms with Crippen molar-refractivity contribution in [2.75, 3.05) is 4.31 Å². The zero-order chi connectivity index (χ0) is 23.1. The molecular formula is C22H14ClF4NO2S2. The molecule has 4 rings (SSSR count). The highest BCUT2D eigenvalue weighted by Crippen LogP contribution is 2.44. The summed E-state index contributed by atoms with van der Waals surface area (Å²) in [5.41, 5.74) is -1.50. The monoisotopic (exact) mass is 499 g/mol. The Morgan fingerprint density at radius 3 is 2.25 bits per heavy atom. The van der Waals surface area contributed by atoms with Crippen LogP contribution in [-0.4, -0.2) is 8.42 Å². The first-order valence-electron chi connectivity index (χ1n) is 9.19. The summed E-state index contributed by atoms with van der Waals surface area (Å²) in [4.78, 5) is -0.0494. The van der Waals surface area contributed by atoms with Crippen molar-refractivity contribution in [2.24, 2.45) is 0 Å². The molecule has 1 heterocycles. The van der Waals surface area contributed by atoms with Gasteiger partial charge in [-0.05, 0) is 35.9 Å². The van der Waals surface area contributed by atoms with Gasteiger partial charge in [0, 0.05) is 10.1 Å². The lowest BCUT2D eigenvalue weighted by Gasteiger charge is -2.24. The molecule has 0 aliphatic rings. The van der Waals surface area contributed by atoms with Gasteiger partial charge in [0.25, 0.3) is 10.0 Å². The molecule has 0 spiro atoms. The van der Waals surface area contributed by atoms with E-state index in [9.17, 15) is 26.0 Å². The molecule has 0 bridgehead atoms. The molecule has 3 aromatic carbocycles. The predicted molar refractivity (Wildman–Crippen MR) is 118 cm³/mol. The van der Waals surface area contributed by atoms with Crippen molar-refractivity contribution in [3.63, 3.8) is 0 Å². The largest absolute Gasteiger partial charge is 0.419 e. The lowest BCUT2D eigenvalue weighted by molar-refractivity contribution is -0.140. The number of benzene rings is 3. The van der Waals surface area contributed by atoms with E-state index in [1.165, 1.54) is 24.3 Å². The van der Waals surface area contributed by atoms with Gasteiger partial charge in [-0.15, -0.1) is 11.3 Å². The Bertz CT molecular complexity index is 1390. The van der Waals surface area contributed by atoms with Gasteiger partial charge in [-0.2, -0.15) is 13.2 Å². The zero-order valence-corrected chi connectivity index (χ0v) is 18.5. The fourth-order valence-corrected chi connectivity index (χ4v) is 6.48. The van der Waals surface area contributed by atoms with Gasteiger partial charge in [-0.25, -0.2) is 12.8 Å². The molecule has 0 unspecified atom stereocenters. The molecule has 3 nitrogen and oxygen atoms in total. The van der Waals surface area contributed by atoms with Crippen LogP contribution < -0.4 is 4.31 Å². The molecule has 0 aliphatic carbocycles. The second kappa shape index (κ2) is 8.38. The van der Waals surface area contributed by atoms with Crippen molar-refractivity contribution >= 4 is 48.0 Å². The minimum Gasteiger partial charge on any atom is -0.251 e. The van der Waals surface area contributed by atoms with Crippen molar-refractivity contribution < 1.29 is 26.0 Å². The van der Waals surface area contributed by atoms with E-state index < -0.39 is 34.1 Å². The summed E-state index contributed by atoms with van der Waals surface area (Å²) in [6.07, 6.45) is -4.92. The van der Waals surface area contributed by atoms with Crippen molar-refractivity contribution in [1.29, 1.82) is 0 Å². The summed E-state index contributed by atoms with van der Waals surface area (Å²) < 4.78 is 82.0. The number of anilines is 1. The maximum atomic E-state index is 13.8. The molecule has 10 heteroatoms. The van der Waals surface area contributed by atoms with Crippen molar-refractivity contribution in [1.82, 2.24) is 0 Å². The number of sulfonamides is 1. The van der Waals surface area contributed by atoms with Crippen LogP contribution in [-0.2, 0) is 22.7 Å². The summed E-state index contributed by atoms with van der Waals surface area (Å²) in [5, 5.41) is 0.954. The van der Waals surface area contributed by atoms with Gasteiger partial charge >= 0.3 is 6.18 Å². The smallest absolute Gasteiger partial charge is 0.251 e. The van der Waals surface area contributed by atoms with Gasteiger partial charge in [0.1, 0.15) is 10.8 Å². The highest BCUT2D eigenvalue weighted by Gasteiger charge is 2.35. The van der Waals surface area contributed by atoms with Crippen LogP contribution in [0.1, 0.15) is 11.1 Å². The summed E-state index contributed by atoms with van der Waals surface area (Å²) >= 11 is 7.61. The number of hydrogen-bond acceptors (Lipinski definition) is 3. The number of alkyl halides is 3. The Kier molecular flexibility index (Phi) is 5.91. The van der Waals surface area contributed by atoms with E-state index in [2.05, 4.69) is 0 Å². The minimum absolute atomic E-state index is 0.0354. The average Bonchev–Trinajstić information content (AvgIpc) is 3.09. The van der Waals surface area contributed by atoms with E-state index in [-0.39, 0.29) is 20.5 Å². The van der Waals surface area contributed by atoms with Gasteiger partial charge in [-0.3, -0.25) is 4.31 Å². The Morgan fingerprint density at radius 1 is 0.938 bits per heavy atom. The van der Waals surface area contributed by atoms with Crippen molar-refractivity contribution in [3.05, 3.63) is 94.8 Å². The third kappa shape index (κ3) is 4.20. The standard InChI is InChI=1S/C22H14ClF4NO2S2/c23-20-16-8-4-5-9-19(16)31-21(20)28(32(29,30)15-6-2-1-3-7-15)13-14-10-11-18(24)17(12-14)22(25,26)27/h1-12H,13H2. The second-order valence-electron chi connectivity index (χ2n) is 6.85. The summed E-state index contributed by atoms with van der Waals surface area (Å²) in [6.45, 7) is -0.465. The Hall–Kier alpha value is -2.62. The highest BCUT2D eigenvalue weighted by atomic mass is 35.5. The molecule has 0 radical (unpaired) electrons. The normalized spacial score (nSPS) is 12.3. The molecule has 0 aliphatic heterocycles. The topological polar surface area (TPSA) is 37.4 Å². The SMILES string of the molecule is O=S(=O)(c1ccccc1)N(Cc1ccc(F)c(C(F)(F)F)c1)c1sc2ccccc2c1Cl. The van der Waals surface area contributed by atoms with Crippen LogP contribution in [0.4, 0.5) is 22.6 Å². The molecule has 0 amide bonds. The van der Waals surface area contributed by atoms with E-state index in [1.807, 2.05) is 0 Å².